The number of fused-ring (bicyclic) bond motifs is 3. The molecule has 0 aliphatic heterocycles. The molecule has 0 fully saturated rings. The highest BCUT2D eigenvalue weighted by atomic mass is 14.9. The monoisotopic (exact) mass is 254 g/mol. The lowest BCUT2D eigenvalue weighted by molar-refractivity contribution is 0.515. The van der Waals surface area contributed by atoms with Crippen LogP contribution in [0.15, 0.2) is 24.5 Å². The third-order valence-electron chi connectivity index (χ3n) is 3.87. The van der Waals surface area contributed by atoms with Gasteiger partial charge in [-0.3, -0.25) is 0 Å². The minimum atomic E-state index is -0.0549. The van der Waals surface area contributed by atoms with Crippen LogP contribution < -0.4 is 11.1 Å². The van der Waals surface area contributed by atoms with Gasteiger partial charge in [-0.2, -0.15) is 0 Å². The fourth-order valence-electron chi connectivity index (χ4n) is 3.03. The van der Waals surface area contributed by atoms with Crippen LogP contribution in [0.3, 0.4) is 0 Å². The van der Waals surface area contributed by atoms with Crippen LogP contribution in [0.25, 0.3) is 11.3 Å². The molecular weight excluding hydrogens is 236 g/mol. The molecule has 2 aromatic rings. The van der Waals surface area contributed by atoms with E-state index in [4.69, 9.17) is 5.73 Å². The fourth-order valence-corrected chi connectivity index (χ4v) is 3.03. The van der Waals surface area contributed by atoms with Gasteiger partial charge in [0.2, 0.25) is 0 Å². The molecule has 98 valence electrons. The van der Waals surface area contributed by atoms with E-state index in [0.717, 1.165) is 28.9 Å². The Morgan fingerprint density at radius 3 is 2.79 bits per heavy atom. The Balaban J connectivity index is 2.36. The third-order valence-corrected chi connectivity index (χ3v) is 3.87. The summed E-state index contributed by atoms with van der Waals surface area (Å²) in [5.41, 5.74) is 11.7. The van der Waals surface area contributed by atoms with Crippen LogP contribution in [0.1, 0.15) is 25.0 Å². The summed E-state index contributed by atoms with van der Waals surface area (Å²) in [5, 5.41) is 3.26. The summed E-state index contributed by atoms with van der Waals surface area (Å²) in [4.78, 5) is 8.63. The van der Waals surface area contributed by atoms with E-state index in [1.165, 1.54) is 5.56 Å². The van der Waals surface area contributed by atoms with E-state index in [2.05, 4.69) is 41.3 Å². The average Bonchev–Trinajstić information content (AvgIpc) is 2.37. The van der Waals surface area contributed by atoms with Gasteiger partial charge in [-0.15, -0.1) is 0 Å². The van der Waals surface area contributed by atoms with E-state index in [1.807, 2.05) is 13.1 Å². The summed E-state index contributed by atoms with van der Waals surface area (Å²) in [6.45, 7) is 4.39. The van der Waals surface area contributed by atoms with Crippen molar-refractivity contribution in [2.24, 2.45) is 0 Å². The summed E-state index contributed by atoms with van der Waals surface area (Å²) in [6, 6.07) is 6.26. The number of hydrogen-bond acceptors (Lipinski definition) is 4. The molecule has 0 bridgehead atoms. The van der Waals surface area contributed by atoms with Gasteiger partial charge in [0, 0.05) is 23.9 Å². The molecule has 1 heterocycles. The normalized spacial score (nSPS) is 15.5. The predicted molar refractivity (Wildman–Crippen MR) is 78.2 cm³/mol. The molecule has 3 rings (SSSR count). The van der Waals surface area contributed by atoms with Gasteiger partial charge < -0.3 is 11.1 Å². The highest BCUT2D eigenvalue weighted by Crippen LogP contribution is 2.45. The second kappa shape index (κ2) is 3.95. The molecule has 4 heteroatoms. The molecule has 1 aromatic heterocycles. The first kappa shape index (κ1) is 12.0. The number of aromatic nitrogens is 2. The number of rotatable bonds is 1. The van der Waals surface area contributed by atoms with Crippen LogP contribution in [0.4, 0.5) is 11.5 Å². The van der Waals surface area contributed by atoms with Crippen LogP contribution in [0.2, 0.25) is 0 Å². The Hall–Kier alpha value is -2.10. The topological polar surface area (TPSA) is 63.8 Å². The van der Waals surface area contributed by atoms with Crippen LogP contribution in [-0.2, 0) is 11.8 Å². The van der Waals surface area contributed by atoms with E-state index in [1.54, 1.807) is 6.33 Å². The number of hydrogen-bond donors (Lipinski definition) is 2. The lowest BCUT2D eigenvalue weighted by Gasteiger charge is -2.34. The third kappa shape index (κ3) is 1.67. The summed E-state index contributed by atoms with van der Waals surface area (Å²) in [6.07, 6.45) is 2.48. The van der Waals surface area contributed by atoms with E-state index in [0.29, 0.717) is 5.82 Å². The molecule has 0 saturated heterocycles. The molecule has 1 aliphatic rings. The maximum absolute atomic E-state index is 6.08. The van der Waals surface area contributed by atoms with Crippen molar-refractivity contribution in [3.05, 3.63) is 35.7 Å². The second-order valence-corrected chi connectivity index (χ2v) is 5.62. The smallest absolute Gasteiger partial charge is 0.131 e. The Bertz CT molecular complexity index is 647. The molecule has 1 aliphatic carbocycles. The van der Waals surface area contributed by atoms with Gasteiger partial charge in [-0.25, -0.2) is 9.97 Å². The predicted octanol–water partition coefficient (Wildman–Crippen LogP) is 2.60. The molecule has 0 saturated carbocycles. The zero-order chi connectivity index (χ0) is 13.6. The molecule has 0 radical (unpaired) electrons. The molecule has 0 unspecified atom stereocenters. The second-order valence-electron chi connectivity index (χ2n) is 5.62. The van der Waals surface area contributed by atoms with Crippen molar-refractivity contribution in [3.63, 3.8) is 0 Å². The average molecular weight is 254 g/mol. The Kier molecular flexibility index (Phi) is 2.49. The Labute approximate surface area is 113 Å². The van der Waals surface area contributed by atoms with Gasteiger partial charge in [-0.05, 0) is 23.5 Å². The van der Waals surface area contributed by atoms with E-state index in [9.17, 15) is 0 Å². The van der Waals surface area contributed by atoms with Crippen molar-refractivity contribution in [1.82, 2.24) is 9.97 Å². The van der Waals surface area contributed by atoms with Gasteiger partial charge >= 0.3 is 0 Å². The molecule has 3 N–H and O–H groups in total. The summed E-state index contributed by atoms with van der Waals surface area (Å²) < 4.78 is 0. The molecule has 4 nitrogen and oxygen atoms in total. The molecular formula is C15H18N4. The number of nitrogen functional groups attached to an aromatic ring is 1. The maximum atomic E-state index is 6.08. The first-order chi connectivity index (χ1) is 9.04. The molecule has 0 amide bonds. The summed E-state index contributed by atoms with van der Waals surface area (Å²) in [7, 11) is 1.95. The van der Waals surface area contributed by atoms with Crippen molar-refractivity contribution in [3.8, 4) is 11.3 Å². The maximum Gasteiger partial charge on any atom is 0.131 e. The van der Waals surface area contributed by atoms with Crippen LogP contribution in [0.5, 0.6) is 0 Å². The summed E-state index contributed by atoms with van der Waals surface area (Å²) >= 11 is 0. The van der Waals surface area contributed by atoms with Crippen LogP contribution >= 0.6 is 0 Å². The van der Waals surface area contributed by atoms with Crippen molar-refractivity contribution < 1.29 is 0 Å². The number of benzene rings is 1. The molecule has 0 spiro atoms. The van der Waals surface area contributed by atoms with Gasteiger partial charge in [-0.1, -0.05) is 26.0 Å². The molecule has 19 heavy (non-hydrogen) atoms. The van der Waals surface area contributed by atoms with E-state index < -0.39 is 0 Å². The lowest BCUT2D eigenvalue weighted by Crippen LogP contribution is -2.28. The van der Waals surface area contributed by atoms with Crippen molar-refractivity contribution in [2.45, 2.75) is 25.7 Å². The summed E-state index contributed by atoms with van der Waals surface area (Å²) in [5.74, 6) is 0.593. The van der Waals surface area contributed by atoms with Crippen molar-refractivity contribution >= 4 is 11.5 Å². The largest absolute Gasteiger partial charge is 0.388 e. The quantitative estimate of drug-likeness (QED) is 0.821. The highest BCUT2D eigenvalue weighted by Gasteiger charge is 2.35. The number of nitrogens with two attached hydrogens (primary N) is 1. The SMILES string of the molecule is CNc1cccc2c1CC(C)(C)c1c(N)ncnc1-2. The Morgan fingerprint density at radius 2 is 2.05 bits per heavy atom. The molecule has 0 atom stereocenters. The highest BCUT2D eigenvalue weighted by molar-refractivity contribution is 5.79. The standard InChI is InChI=1S/C15H18N4/c1-15(2)7-10-9(5-4-6-11(10)17-3)13-12(15)14(16)19-8-18-13/h4-6,8,17H,7H2,1-3H3,(H2,16,18,19). The van der Waals surface area contributed by atoms with E-state index in [-0.39, 0.29) is 5.41 Å². The fraction of sp³-hybridized carbons (Fsp3) is 0.333. The minimum absolute atomic E-state index is 0.0549. The van der Waals surface area contributed by atoms with Crippen molar-refractivity contribution in [1.29, 1.82) is 0 Å². The zero-order valence-electron chi connectivity index (χ0n) is 11.5. The van der Waals surface area contributed by atoms with Gasteiger partial charge in [0.05, 0.1) is 5.69 Å². The van der Waals surface area contributed by atoms with Gasteiger partial charge in [0.1, 0.15) is 12.1 Å². The van der Waals surface area contributed by atoms with Gasteiger partial charge in [0.15, 0.2) is 0 Å². The first-order valence-corrected chi connectivity index (χ1v) is 6.45. The van der Waals surface area contributed by atoms with E-state index >= 15 is 0 Å². The number of nitrogens with zero attached hydrogens (tertiary/aromatic N) is 2. The van der Waals surface area contributed by atoms with Gasteiger partial charge in [0.25, 0.3) is 0 Å². The van der Waals surface area contributed by atoms with Crippen molar-refractivity contribution in [2.75, 3.05) is 18.1 Å². The minimum Gasteiger partial charge on any atom is -0.388 e. The number of anilines is 2. The Morgan fingerprint density at radius 1 is 1.26 bits per heavy atom. The number of nitrogens with one attached hydrogen (secondary N) is 1. The molecule has 1 aromatic carbocycles. The lowest BCUT2D eigenvalue weighted by atomic mass is 9.71. The van der Waals surface area contributed by atoms with Crippen LogP contribution in [-0.4, -0.2) is 17.0 Å². The van der Waals surface area contributed by atoms with Crippen LogP contribution in [0, 0.1) is 0 Å². The first-order valence-electron chi connectivity index (χ1n) is 6.45. The zero-order valence-corrected chi connectivity index (χ0v) is 11.5.